The van der Waals surface area contributed by atoms with Gasteiger partial charge in [-0.1, -0.05) is 24.3 Å². The van der Waals surface area contributed by atoms with Crippen molar-refractivity contribution in [1.82, 2.24) is 4.98 Å². The van der Waals surface area contributed by atoms with Gasteiger partial charge in [0.25, 0.3) is 0 Å². The smallest absolute Gasteiger partial charge is 0.136 e. The van der Waals surface area contributed by atoms with Gasteiger partial charge in [-0.2, -0.15) is 0 Å². The first-order valence-corrected chi connectivity index (χ1v) is 7.02. The molecule has 0 unspecified atom stereocenters. The Hall–Kier alpha value is -2.33. The molecule has 4 nitrogen and oxygen atoms in total. The molecule has 0 saturated heterocycles. The van der Waals surface area contributed by atoms with E-state index < -0.39 is 0 Å². The molecule has 0 saturated carbocycles. The molecule has 0 bridgehead atoms. The number of anilines is 1. The zero-order chi connectivity index (χ0) is 14.8. The van der Waals surface area contributed by atoms with Crippen molar-refractivity contribution in [3.8, 4) is 0 Å². The van der Waals surface area contributed by atoms with E-state index in [-0.39, 0.29) is 0 Å². The molecule has 2 heterocycles. The summed E-state index contributed by atoms with van der Waals surface area (Å²) in [5.41, 5.74) is 6.66. The fourth-order valence-electron chi connectivity index (χ4n) is 2.51. The van der Waals surface area contributed by atoms with Crippen LogP contribution in [-0.2, 0) is 13.1 Å². The molecule has 0 aliphatic heterocycles. The Morgan fingerprint density at radius 1 is 1.19 bits per heavy atom. The van der Waals surface area contributed by atoms with E-state index >= 15 is 0 Å². The van der Waals surface area contributed by atoms with Crippen molar-refractivity contribution < 1.29 is 4.42 Å². The molecular weight excluding hydrogens is 262 g/mol. The first kappa shape index (κ1) is 13.6. The quantitative estimate of drug-likeness (QED) is 0.797. The van der Waals surface area contributed by atoms with Crippen molar-refractivity contribution in [3.05, 3.63) is 59.7 Å². The number of nitrogens with zero attached hydrogens (tertiary/aromatic N) is 2. The monoisotopic (exact) mass is 281 g/mol. The second kappa shape index (κ2) is 5.58. The number of furan rings is 1. The third-order valence-electron chi connectivity index (χ3n) is 3.53. The normalized spacial score (nSPS) is 11.0. The molecule has 0 amide bonds. The maximum absolute atomic E-state index is 5.77. The highest BCUT2D eigenvalue weighted by Crippen LogP contribution is 2.26. The number of rotatable bonds is 4. The van der Waals surface area contributed by atoms with E-state index in [1.807, 2.05) is 44.3 Å². The molecule has 3 aromatic rings. The van der Waals surface area contributed by atoms with E-state index in [1.54, 1.807) is 0 Å². The summed E-state index contributed by atoms with van der Waals surface area (Å²) in [6.45, 7) is 3.07. The highest BCUT2D eigenvalue weighted by atomic mass is 16.3. The number of benzene rings is 1. The SMILES string of the molecule is Cc1ccc(CN(C)c2nc(CN)cc3ccccc23)o1. The molecule has 0 aliphatic carbocycles. The van der Waals surface area contributed by atoms with Gasteiger partial charge in [0.15, 0.2) is 0 Å². The number of aryl methyl sites for hydroxylation is 1. The van der Waals surface area contributed by atoms with Gasteiger partial charge in [-0.25, -0.2) is 4.98 Å². The molecule has 2 aromatic heterocycles. The summed E-state index contributed by atoms with van der Waals surface area (Å²) in [7, 11) is 2.02. The first-order valence-electron chi connectivity index (χ1n) is 7.02. The van der Waals surface area contributed by atoms with E-state index in [0.29, 0.717) is 13.1 Å². The second-order valence-electron chi connectivity index (χ2n) is 5.23. The molecule has 21 heavy (non-hydrogen) atoms. The minimum Gasteiger partial charge on any atom is -0.464 e. The van der Waals surface area contributed by atoms with Crippen LogP contribution in [-0.4, -0.2) is 12.0 Å². The highest BCUT2D eigenvalue weighted by molar-refractivity contribution is 5.92. The van der Waals surface area contributed by atoms with E-state index in [1.165, 1.54) is 0 Å². The summed E-state index contributed by atoms with van der Waals surface area (Å²) in [4.78, 5) is 6.78. The lowest BCUT2D eigenvalue weighted by Gasteiger charge is -2.20. The van der Waals surface area contributed by atoms with Crippen LogP contribution in [0.2, 0.25) is 0 Å². The topological polar surface area (TPSA) is 55.3 Å². The van der Waals surface area contributed by atoms with Gasteiger partial charge in [-0.05, 0) is 30.5 Å². The van der Waals surface area contributed by atoms with Crippen molar-refractivity contribution in [2.75, 3.05) is 11.9 Å². The molecular formula is C17H19N3O. The summed E-state index contributed by atoms with van der Waals surface area (Å²) >= 11 is 0. The Balaban J connectivity index is 2.01. The molecule has 0 atom stereocenters. The lowest BCUT2D eigenvalue weighted by atomic mass is 10.1. The third-order valence-corrected chi connectivity index (χ3v) is 3.53. The van der Waals surface area contributed by atoms with Crippen LogP contribution >= 0.6 is 0 Å². The second-order valence-corrected chi connectivity index (χ2v) is 5.23. The summed E-state index contributed by atoms with van der Waals surface area (Å²) in [6, 6.07) is 14.3. The Morgan fingerprint density at radius 3 is 2.71 bits per heavy atom. The number of pyridine rings is 1. The zero-order valence-corrected chi connectivity index (χ0v) is 12.3. The fraction of sp³-hybridized carbons (Fsp3) is 0.235. The minimum atomic E-state index is 0.436. The standard InChI is InChI=1S/C17H19N3O/c1-12-7-8-15(21-12)11-20(2)17-16-6-4-3-5-13(16)9-14(10-18)19-17/h3-9H,10-11,18H2,1-2H3. The average molecular weight is 281 g/mol. The van der Waals surface area contributed by atoms with Gasteiger partial charge in [-0.15, -0.1) is 0 Å². The van der Waals surface area contributed by atoms with E-state index in [4.69, 9.17) is 10.2 Å². The number of nitrogens with two attached hydrogens (primary N) is 1. The number of fused-ring (bicyclic) bond motifs is 1. The van der Waals surface area contributed by atoms with E-state index in [0.717, 1.165) is 33.8 Å². The highest BCUT2D eigenvalue weighted by Gasteiger charge is 2.11. The Kier molecular flexibility index (Phi) is 3.62. The van der Waals surface area contributed by atoms with E-state index in [9.17, 15) is 0 Å². The summed E-state index contributed by atoms with van der Waals surface area (Å²) in [5.74, 6) is 2.79. The molecule has 1 aromatic carbocycles. The lowest BCUT2D eigenvalue weighted by Crippen LogP contribution is -2.18. The van der Waals surface area contributed by atoms with Gasteiger partial charge in [0.2, 0.25) is 0 Å². The van der Waals surface area contributed by atoms with Crippen molar-refractivity contribution in [2.24, 2.45) is 5.73 Å². The summed E-state index contributed by atoms with van der Waals surface area (Å²) < 4.78 is 5.65. The molecule has 4 heteroatoms. The van der Waals surface area contributed by atoms with Crippen molar-refractivity contribution in [1.29, 1.82) is 0 Å². The zero-order valence-electron chi connectivity index (χ0n) is 12.3. The summed E-state index contributed by atoms with van der Waals surface area (Å²) in [6.07, 6.45) is 0. The van der Waals surface area contributed by atoms with Gasteiger partial charge >= 0.3 is 0 Å². The van der Waals surface area contributed by atoms with Crippen LogP contribution in [0.5, 0.6) is 0 Å². The molecule has 0 spiro atoms. The molecule has 108 valence electrons. The molecule has 0 radical (unpaired) electrons. The van der Waals surface area contributed by atoms with Crippen LogP contribution in [0.15, 0.2) is 46.9 Å². The van der Waals surface area contributed by atoms with Gasteiger partial charge < -0.3 is 15.1 Å². The van der Waals surface area contributed by atoms with Crippen LogP contribution < -0.4 is 10.6 Å². The van der Waals surface area contributed by atoms with Crippen LogP contribution in [0.1, 0.15) is 17.2 Å². The maximum atomic E-state index is 5.77. The van der Waals surface area contributed by atoms with Crippen molar-refractivity contribution in [2.45, 2.75) is 20.0 Å². The number of aromatic nitrogens is 1. The van der Waals surface area contributed by atoms with Crippen LogP contribution in [0.25, 0.3) is 10.8 Å². The molecule has 0 fully saturated rings. The largest absolute Gasteiger partial charge is 0.464 e. The average Bonchev–Trinajstić information content (AvgIpc) is 2.91. The van der Waals surface area contributed by atoms with Gasteiger partial charge in [-0.3, -0.25) is 0 Å². The number of hydrogen-bond acceptors (Lipinski definition) is 4. The predicted molar refractivity (Wildman–Crippen MR) is 85.2 cm³/mol. The van der Waals surface area contributed by atoms with E-state index in [2.05, 4.69) is 22.0 Å². The summed E-state index contributed by atoms with van der Waals surface area (Å²) in [5, 5.41) is 2.28. The first-order chi connectivity index (χ1) is 10.2. The third kappa shape index (κ3) is 2.76. The Labute approximate surface area is 124 Å². The van der Waals surface area contributed by atoms with Crippen LogP contribution in [0, 0.1) is 6.92 Å². The minimum absolute atomic E-state index is 0.436. The van der Waals surface area contributed by atoms with Gasteiger partial charge in [0.1, 0.15) is 17.3 Å². The molecule has 0 aliphatic rings. The van der Waals surface area contributed by atoms with Crippen LogP contribution in [0.4, 0.5) is 5.82 Å². The Bertz CT molecular complexity index is 764. The van der Waals surface area contributed by atoms with Crippen LogP contribution in [0.3, 0.4) is 0 Å². The Morgan fingerprint density at radius 2 is 2.00 bits per heavy atom. The molecule has 2 N–H and O–H groups in total. The predicted octanol–water partition coefficient (Wildman–Crippen LogP) is 3.23. The number of hydrogen-bond donors (Lipinski definition) is 1. The van der Waals surface area contributed by atoms with Crippen molar-refractivity contribution in [3.63, 3.8) is 0 Å². The van der Waals surface area contributed by atoms with Gasteiger partial charge in [0, 0.05) is 19.0 Å². The lowest BCUT2D eigenvalue weighted by molar-refractivity contribution is 0.481. The molecule has 3 rings (SSSR count). The van der Waals surface area contributed by atoms with Gasteiger partial charge in [0.05, 0.1) is 12.2 Å². The fourth-order valence-corrected chi connectivity index (χ4v) is 2.51. The van der Waals surface area contributed by atoms with Crippen molar-refractivity contribution >= 4 is 16.6 Å². The maximum Gasteiger partial charge on any atom is 0.136 e.